The fraction of sp³-hybridized carbons (Fsp3) is 1.00. The molecule has 0 spiro atoms. The van der Waals surface area contributed by atoms with Crippen molar-refractivity contribution in [2.75, 3.05) is 18.4 Å². The highest BCUT2D eigenvalue weighted by molar-refractivity contribution is 9.09. The summed E-state index contributed by atoms with van der Waals surface area (Å²) in [5.41, 5.74) is 0. The number of halogens is 1. The van der Waals surface area contributed by atoms with E-state index in [1.54, 1.807) is 0 Å². The van der Waals surface area contributed by atoms with Crippen molar-refractivity contribution in [3.63, 3.8) is 0 Å². The zero-order valence-electron chi connectivity index (χ0n) is 8.65. The van der Waals surface area contributed by atoms with Gasteiger partial charge in [-0.05, 0) is 26.8 Å². The van der Waals surface area contributed by atoms with Gasteiger partial charge in [-0.3, -0.25) is 0 Å². The number of nitrogens with zero attached hydrogens (tertiary/aromatic N) is 1. The molecule has 0 aromatic heterocycles. The van der Waals surface area contributed by atoms with Crippen LogP contribution in [0, 0.1) is 0 Å². The van der Waals surface area contributed by atoms with E-state index in [0.29, 0.717) is 6.04 Å². The summed E-state index contributed by atoms with van der Waals surface area (Å²) in [5.74, 6) is 0. The summed E-state index contributed by atoms with van der Waals surface area (Å²) in [7, 11) is 0. The molecule has 1 nitrogen and oxygen atoms in total. The van der Waals surface area contributed by atoms with Gasteiger partial charge in [0.2, 0.25) is 0 Å². The third-order valence-electron chi connectivity index (χ3n) is 2.15. The maximum absolute atomic E-state index is 3.49. The van der Waals surface area contributed by atoms with Gasteiger partial charge in [0.05, 0.1) is 0 Å². The van der Waals surface area contributed by atoms with Gasteiger partial charge in [-0.1, -0.05) is 35.7 Å². The topological polar surface area (TPSA) is 3.24 Å². The first kappa shape index (κ1) is 12.4. The lowest BCUT2D eigenvalue weighted by Gasteiger charge is -2.25. The Hall–Kier alpha value is 0.440. The van der Waals surface area contributed by atoms with Crippen LogP contribution in [0.2, 0.25) is 0 Å². The van der Waals surface area contributed by atoms with Crippen LogP contribution in [0.5, 0.6) is 0 Å². The third-order valence-corrected chi connectivity index (χ3v) is 2.51. The molecule has 0 N–H and O–H groups in total. The van der Waals surface area contributed by atoms with E-state index in [4.69, 9.17) is 0 Å². The maximum atomic E-state index is 3.49. The number of unbranched alkanes of at least 4 members (excludes halogenated alkanes) is 2. The minimum Gasteiger partial charge on any atom is -0.300 e. The summed E-state index contributed by atoms with van der Waals surface area (Å²) in [6.07, 6.45) is 4.04. The lowest BCUT2D eigenvalue weighted by Crippen LogP contribution is -2.33. The molecule has 0 aromatic rings. The first-order valence-corrected chi connectivity index (χ1v) is 6.14. The molecule has 0 bridgehead atoms. The SMILES string of the molecule is CCCCCN(CCBr)C(C)C. The molecule has 0 rings (SSSR count). The minimum absolute atomic E-state index is 0.694. The van der Waals surface area contributed by atoms with Crippen LogP contribution in [0.25, 0.3) is 0 Å². The molecule has 0 amide bonds. The normalized spacial score (nSPS) is 11.5. The van der Waals surface area contributed by atoms with Crippen LogP contribution < -0.4 is 0 Å². The van der Waals surface area contributed by atoms with Crippen molar-refractivity contribution >= 4 is 15.9 Å². The lowest BCUT2D eigenvalue weighted by atomic mass is 10.2. The summed E-state index contributed by atoms with van der Waals surface area (Å²) >= 11 is 3.49. The quantitative estimate of drug-likeness (QED) is 0.484. The van der Waals surface area contributed by atoms with Crippen molar-refractivity contribution in [1.29, 1.82) is 0 Å². The number of rotatable bonds is 7. The monoisotopic (exact) mass is 235 g/mol. The Bertz CT molecular complexity index is 93.8. The zero-order valence-corrected chi connectivity index (χ0v) is 10.2. The van der Waals surface area contributed by atoms with Crippen LogP contribution in [-0.4, -0.2) is 29.4 Å². The van der Waals surface area contributed by atoms with Gasteiger partial charge in [-0.2, -0.15) is 0 Å². The van der Waals surface area contributed by atoms with Gasteiger partial charge in [0, 0.05) is 17.9 Å². The van der Waals surface area contributed by atoms with E-state index in [1.807, 2.05) is 0 Å². The molecule has 12 heavy (non-hydrogen) atoms. The Morgan fingerprint density at radius 3 is 2.25 bits per heavy atom. The summed E-state index contributed by atoms with van der Waals surface area (Å²) in [5, 5.41) is 1.09. The standard InChI is InChI=1S/C10H22BrN/c1-4-5-6-8-12(9-7-11)10(2)3/h10H,4-9H2,1-3H3. The van der Waals surface area contributed by atoms with Crippen molar-refractivity contribution in [3.8, 4) is 0 Å². The number of hydrogen-bond acceptors (Lipinski definition) is 1. The number of alkyl halides is 1. The molecular weight excluding hydrogens is 214 g/mol. The predicted octanol–water partition coefficient (Wildman–Crippen LogP) is 3.28. The average Bonchev–Trinajstić information content (AvgIpc) is 2.03. The largest absolute Gasteiger partial charge is 0.300 e. The Balaban J connectivity index is 3.49. The molecule has 0 unspecified atom stereocenters. The van der Waals surface area contributed by atoms with E-state index in [2.05, 4.69) is 41.6 Å². The Labute approximate surface area is 85.7 Å². The third kappa shape index (κ3) is 6.01. The Morgan fingerprint density at radius 1 is 1.17 bits per heavy atom. The molecular formula is C10H22BrN. The average molecular weight is 236 g/mol. The first-order chi connectivity index (χ1) is 5.72. The van der Waals surface area contributed by atoms with Gasteiger partial charge in [0.15, 0.2) is 0 Å². The van der Waals surface area contributed by atoms with E-state index in [1.165, 1.54) is 32.4 Å². The molecule has 0 aliphatic carbocycles. The molecule has 74 valence electrons. The van der Waals surface area contributed by atoms with Crippen molar-refractivity contribution in [2.45, 2.75) is 46.1 Å². The molecule has 0 saturated heterocycles. The smallest absolute Gasteiger partial charge is 0.0159 e. The fourth-order valence-corrected chi connectivity index (χ4v) is 1.76. The van der Waals surface area contributed by atoms with Gasteiger partial charge in [-0.25, -0.2) is 0 Å². The Morgan fingerprint density at radius 2 is 1.83 bits per heavy atom. The highest BCUT2D eigenvalue weighted by Gasteiger charge is 2.06. The fourth-order valence-electron chi connectivity index (χ4n) is 1.30. The highest BCUT2D eigenvalue weighted by Crippen LogP contribution is 2.03. The van der Waals surface area contributed by atoms with E-state index in [0.717, 1.165) is 5.33 Å². The van der Waals surface area contributed by atoms with Crippen molar-refractivity contribution in [2.24, 2.45) is 0 Å². The molecule has 0 fully saturated rings. The zero-order chi connectivity index (χ0) is 9.40. The van der Waals surface area contributed by atoms with Crippen molar-refractivity contribution in [1.82, 2.24) is 4.90 Å². The van der Waals surface area contributed by atoms with Gasteiger partial charge < -0.3 is 4.90 Å². The molecule has 0 radical (unpaired) electrons. The van der Waals surface area contributed by atoms with Gasteiger partial charge in [0.25, 0.3) is 0 Å². The number of hydrogen-bond donors (Lipinski definition) is 0. The Kier molecular flexibility index (Phi) is 8.35. The molecule has 0 saturated carbocycles. The van der Waals surface area contributed by atoms with Crippen molar-refractivity contribution in [3.05, 3.63) is 0 Å². The maximum Gasteiger partial charge on any atom is 0.0159 e. The van der Waals surface area contributed by atoms with Crippen LogP contribution in [-0.2, 0) is 0 Å². The van der Waals surface area contributed by atoms with E-state index < -0.39 is 0 Å². The van der Waals surface area contributed by atoms with Crippen LogP contribution in [0.3, 0.4) is 0 Å². The molecule has 2 heteroatoms. The van der Waals surface area contributed by atoms with Crippen molar-refractivity contribution < 1.29 is 0 Å². The second-order valence-electron chi connectivity index (χ2n) is 3.53. The second kappa shape index (κ2) is 8.06. The summed E-state index contributed by atoms with van der Waals surface area (Å²) < 4.78 is 0. The highest BCUT2D eigenvalue weighted by atomic mass is 79.9. The molecule has 0 atom stereocenters. The van der Waals surface area contributed by atoms with Crippen LogP contribution in [0.4, 0.5) is 0 Å². The summed E-state index contributed by atoms with van der Waals surface area (Å²) in [6.45, 7) is 9.24. The van der Waals surface area contributed by atoms with Gasteiger partial charge >= 0.3 is 0 Å². The lowest BCUT2D eigenvalue weighted by molar-refractivity contribution is 0.231. The van der Waals surface area contributed by atoms with Gasteiger partial charge in [0.1, 0.15) is 0 Å². The van der Waals surface area contributed by atoms with Crippen LogP contribution in [0.1, 0.15) is 40.0 Å². The molecule has 0 aromatic carbocycles. The molecule has 0 heterocycles. The first-order valence-electron chi connectivity index (χ1n) is 5.02. The molecule has 0 aliphatic heterocycles. The van der Waals surface area contributed by atoms with Crippen LogP contribution >= 0.6 is 15.9 Å². The van der Waals surface area contributed by atoms with Crippen LogP contribution in [0.15, 0.2) is 0 Å². The molecule has 0 aliphatic rings. The second-order valence-corrected chi connectivity index (χ2v) is 4.32. The van der Waals surface area contributed by atoms with E-state index >= 15 is 0 Å². The van der Waals surface area contributed by atoms with Gasteiger partial charge in [-0.15, -0.1) is 0 Å². The summed E-state index contributed by atoms with van der Waals surface area (Å²) in [6, 6.07) is 0.694. The minimum atomic E-state index is 0.694. The van der Waals surface area contributed by atoms with E-state index in [-0.39, 0.29) is 0 Å². The summed E-state index contributed by atoms with van der Waals surface area (Å²) in [4.78, 5) is 2.53. The van der Waals surface area contributed by atoms with E-state index in [9.17, 15) is 0 Å². The predicted molar refractivity (Wildman–Crippen MR) is 60.0 cm³/mol.